The molecular weight excluding hydrogens is 400 g/mol. The second-order valence-corrected chi connectivity index (χ2v) is 11.4. The maximum atomic E-state index is 13.0. The lowest BCUT2D eigenvalue weighted by molar-refractivity contribution is -0.132. The first-order chi connectivity index (χ1) is 14.2. The number of carbonyl (C=O) groups excluding carboxylic acids is 2. The Morgan fingerprint density at radius 1 is 1.03 bits per heavy atom. The summed E-state index contributed by atoms with van der Waals surface area (Å²) >= 11 is 0. The van der Waals surface area contributed by atoms with Crippen molar-refractivity contribution in [1.82, 2.24) is 10.6 Å². The SMILES string of the molecule is CC(C)C1CCC(C(=O)N[C@@H](Cc2ccccc2)C(=O)N[C@@H]2CCS(=O)(=O)C2)CC1. The number of carbonyl (C=O) groups is 2. The molecule has 2 aliphatic rings. The zero-order chi connectivity index (χ0) is 21.7. The summed E-state index contributed by atoms with van der Waals surface area (Å²) in [6.45, 7) is 4.46. The van der Waals surface area contributed by atoms with E-state index in [-0.39, 0.29) is 35.3 Å². The Balaban J connectivity index is 1.63. The fourth-order valence-electron chi connectivity index (χ4n) is 4.61. The molecule has 2 amide bonds. The van der Waals surface area contributed by atoms with Crippen molar-refractivity contribution < 1.29 is 18.0 Å². The topological polar surface area (TPSA) is 92.3 Å². The summed E-state index contributed by atoms with van der Waals surface area (Å²) in [6.07, 6.45) is 4.62. The molecule has 2 atom stereocenters. The highest BCUT2D eigenvalue weighted by atomic mass is 32.2. The van der Waals surface area contributed by atoms with Crippen LogP contribution in [0.3, 0.4) is 0 Å². The summed E-state index contributed by atoms with van der Waals surface area (Å²) in [4.78, 5) is 25.9. The van der Waals surface area contributed by atoms with Gasteiger partial charge in [-0.1, -0.05) is 44.2 Å². The van der Waals surface area contributed by atoms with Crippen molar-refractivity contribution in [1.29, 1.82) is 0 Å². The van der Waals surface area contributed by atoms with Crippen LogP contribution in [0.4, 0.5) is 0 Å². The first kappa shape index (κ1) is 22.8. The molecule has 7 heteroatoms. The van der Waals surface area contributed by atoms with Gasteiger partial charge in [-0.25, -0.2) is 8.42 Å². The maximum Gasteiger partial charge on any atom is 0.243 e. The molecule has 1 aliphatic carbocycles. The largest absolute Gasteiger partial charge is 0.351 e. The smallest absolute Gasteiger partial charge is 0.243 e. The van der Waals surface area contributed by atoms with Crippen LogP contribution in [0.5, 0.6) is 0 Å². The predicted octanol–water partition coefficient (Wildman–Crippen LogP) is 2.48. The van der Waals surface area contributed by atoms with E-state index in [0.29, 0.717) is 24.7 Å². The third-order valence-electron chi connectivity index (χ3n) is 6.58. The molecule has 1 aromatic rings. The molecular formula is C23H34N2O4S. The fraction of sp³-hybridized carbons (Fsp3) is 0.652. The summed E-state index contributed by atoms with van der Waals surface area (Å²) in [6, 6.07) is 8.50. The van der Waals surface area contributed by atoms with Crippen LogP contribution < -0.4 is 10.6 Å². The van der Waals surface area contributed by atoms with Gasteiger partial charge in [-0.15, -0.1) is 0 Å². The summed E-state index contributed by atoms with van der Waals surface area (Å²) in [5.74, 6) is 0.960. The molecule has 1 saturated heterocycles. The van der Waals surface area contributed by atoms with Crippen LogP contribution in [0.15, 0.2) is 30.3 Å². The van der Waals surface area contributed by atoms with Gasteiger partial charge in [0.05, 0.1) is 11.5 Å². The van der Waals surface area contributed by atoms with E-state index >= 15 is 0 Å². The molecule has 0 unspecified atom stereocenters. The number of amides is 2. The Kier molecular flexibility index (Phi) is 7.55. The lowest BCUT2D eigenvalue weighted by atomic mass is 9.76. The highest BCUT2D eigenvalue weighted by Gasteiger charge is 2.33. The second kappa shape index (κ2) is 9.94. The third kappa shape index (κ3) is 6.30. The molecule has 0 aromatic heterocycles. The van der Waals surface area contributed by atoms with Crippen molar-refractivity contribution in [2.45, 2.75) is 64.5 Å². The third-order valence-corrected chi connectivity index (χ3v) is 8.35. The highest BCUT2D eigenvalue weighted by molar-refractivity contribution is 7.91. The Morgan fingerprint density at radius 2 is 1.70 bits per heavy atom. The summed E-state index contributed by atoms with van der Waals surface area (Å²) in [5, 5.41) is 5.83. The minimum absolute atomic E-state index is 0.0239. The van der Waals surface area contributed by atoms with E-state index in [1.165, 1.54) is 0 Å². The van der Waals surface area contributed by atoms with Gasteiger partial charge in [-0.05, 0) is 49.5 Å². The van der Waals surface area contributed by atoms with Gasteiger partial charge in [-0.3, -0.25) is 9.59 Å². The molecule has 1 aromatic carbocycles. The molecule has 1 aliphatic heterocycles. The molecule has 0 bridgehead atoms. The molecule has 0 radical (unpaired) electrons. The van der Waals surface area contributed by atoms with Crippen molar-refractivity contribution in [2.75, 3.05) is 11.5 Å². The van der Waals surface area contributed by atoms with Crippen molar-refractivity contribution in [3.8, 4) is 0 Å². The highest BCUT2D eigenvalue weighted by Crippen LogP contribution is 2.33. The molecule has 2 fully saturated rings. The Hall–Kier alpha value is -1.89. The monoisotopic (exact) mass is 434 g/mol. The van der Waals surface area contributed by atoms with Gasteiger partial charge in [0, 0.05) is 18.4 Å². The van der Waals surface area contributed by atoms with E-state index in [9.17, 15) is 18.0 Å². The number of hydrogen-bond acceptors (Lipinski definition) is 4. The minimum Gasteiger partial charge on any atom is -0.351 e. The number of sulfone groups is 1. The summed E-state index contributed by atoms with van der Waals surface area (Å²) < 4.78 is 23.4. The van der Waals surface area contributed by atoms with E-state index in [1.807, 2.05) is 30.3 Å². The van der Waals surface area contributed by atoms with E-state index in [4.69, 9.17) is 0 Å². The maximum absolute atomic E-state index is 13.0. The van der Waals surface area contributed by atoms with Crippen molar-refractivity contribution in [2.24, 2.45) is 17.8 Å². The standard InChI is InChI=1S/C23H34N2O4S/c1-16(2)18-8-10-19(11-9-18)22(26)25-21(14-17-6-4-3-5-7-17)23(27)24-20-12-13-30(28,29)15-20/h3-7,16,18-21H,8-15H2,1-2H3,(H,24,27)(H,25,26)/t18?,19?,20-,21+/m1/s1. The Morgan fingerprint density at radius 3 is 2.27 bits per heavy atom. The number of rotatable bonds is 7. The lowest BCUT2D eigenvalue weighted by Gasteiger charge is -2.31. The second-order valence-electron chi connectivity index (χ2n) is 9.22. The first-order valence-corrected chi connectivity index (χ1v) is 12.9. The van der Waals surface area contributed by atoms with E-state index in [2.05, 4.69) is 24.5 Å². The molecule has 1 heterocycles. The molecule has 30 heavy (non-hydrogen) atoms. The molecule has 2 N–H and O–H groups in total. The summed E-state index contributed by atoms with van der Waals surface area (Å²) in [7, 11) is -3.08. The molecule has 0 spiro atoms. The van der Waals surface area contributed by atoms with Crippen molar-refractivity contribution >= 4 is 21.7 Å². The van der Waals surface area contributed by atoms with Crippen LogP contribution in [0.2, 0.25) is 0 Å². The first-order valence-electron chi connectivity index (χ1n) is 11.1. The van der Waals surface area contributed by atoms with Crippen LogP contribution in [-0.4, -0.2) is 43.8 Å². The number of nitrogens with one attached hydrogen (secondary N) is 2. The van der Waals surface area contributed by atoms with Crippen molar-refractivity contribution in [3.05, 3.63) is 35.9 Å². The Labute approximate surface area is 180 Å². The molecule has 166 valence electrons. The average Bonchev–Trinajstić information content (AvgIpc) is 3.06. The molecule has 3 rings (SSSR count). The number of benzene rings is 1. The zero-order valence-corrected chi connectivity index (χ0v) is 18.8. The quantitative estimate of drug-likeness (QED) is 0.690. The predicted molar refractivity (Wildman–Crippen MR) is 118 cm³/mol. The normalized spacial score (nSPS) is 26.8. The Bertz CT molecular complexity index is 830. The van der Waals surface area contributed by atoms with E-state index < -0.39 is 15.9 Å². The number of hydrogen-bond donors (Lipinski definition) is 2. The average molecular weight is 435 g/mol. The lowest BCUT2D eigenvalue weighted by Crippen LogP contribution is -2.52. The fourth-order valence-corrected chi connectivity index (χ4v) is 6.28. The van der Waals surface area contributed by atoms with E-state index in [0.717, 1.165) is 31.2 Å². The van der Waals surface area contributed by atoms with Crippen LogP contribution in [-0.2, 0) is 25.8 Å². The molecule has 1 saturated carbocycles. The minimum atomic E-state index is -3.08. The van der Waals surface area contributed by atoms with Gasteiger partial charge < -0.3 is 10.6 Å². The molecule has 6 nitrogen and oxygen atoms in total. The van der Waals surface area contributed by atoms with Gasteiger partial charge in [0.2, 0.25) is 11.8 Å². The van der Waals surface area contributed by atoms with Gasteiger partial charge in [0.25, 0.3) is 0 Å². The van der Waals surface area contributed by atoms with Gasteiger partial charge in [0.15, 0.2) is 9.84 Å². The van der Waals surface area contributed by atoms with Crippen LogP contribution in [0.1, 0.15) is 51.5 Å². The zero-order valence-electron chi connectivity index (χ0n) is 18.0. The van der Waals surface area contributed by atoms with Gasteiger partial charge in [0.1, 0.15) is 6.04 Å². The van der Waals surface area contributed by atoms with Crippen molar-refractivity contribution in [3.63, 3.8) is 0 Å². The van der Waals surface area contributed by atoms with Crippen LogP contribution in [0, 0.1) is 17.8 Å². The van der Waals surface area contributed by atoms with Crippen LogP contribution in [0.25, 0.3) is 0 Å². The summed E-state index contributed by atoms with van der Waals surface area (Å²) in [5.41, 5.74) is 0.959. The van der Waals surface area contributed by atoms with Gasteiger partial charge >= 0.3 is 0 Å². The van der Waals surface area contributed by atoms with Crippen LogP contribution >= 0.6 is 0 Å². The van der Waals surface area contributed by atoms with E-state index in [1.54, 1.807) is 0 Å². The van der Waals surface area contributed by atoms with Gasteiger partial charge in [-0.2, -0.15) is 0 Å².